The first-order chi connectivity index (χ1) is 6.07. The predicted octanol–water partition coefficient (Wildman–Crippen LogP) is -0.313. The molecule has 0 spiro atoms. The number of carboxylic acid groups (broad SMARTS) is 1. The van der Waals surface area contributed by atoms with Crippen molar-refractivity contribution in [2.45, 2.75) is 0 Å². The fourth-order valence-electron chi connectivity index (χ4n) is 0.932. The smallest absolute Gasteiger partial charge is 0.357 e. The molecule has 0 bridgehead atoms. The molecule has 0 aliphatic heterocycles. The Bertz CT molecular complexity index is 355. The Morgan fingerprint density at radius 2 is 2.23 bits per heavy atom. The van der Waals surface area contributed by atoms with E-state index in [1.54, 1.807) is 0 Å². The second-order valence-corrected chi connectivity index (χ2v) is 2.28. The number of methoxy groups -OCH3 is 1. The Kier molecular flexibility index (Phi) is 2.23. The average Bonchev–Trinajstić information content (AvgIpc) is 2.46. The number of carboxylic acids is 1. The second-order valence-electron chi connectivity index (χ2n) is 2.28. The van der Waals surface area contributed by atoms with Crippen molar-refractivity contribution in [1.29, 1.82) is 0 Å². The number of aromatic carboxylic acids is 1. The molecule has 0 aliphatic carbocycles. The van der Waals surface area contributed by atoms with Crippen molar-refractivity contribution < 1.29 is 19.4 Å². The van der Waals surface area contributed by atoms with E-state index in [1.807, 2.05) is 0 Å². The maximum absolute atomic E-state index is 11.0. The maximum Gasteiger partial charge on any atom is 0.357 e. The molecule has 6 nitrogen and oxygen atoms in total. The van der Waals surface area contributed by atoms with Crippen LogP contribution in [0.3, 0.4) is 0 Å². The van der Waals surface area contributed by atoms with E-state index in [1.165, 1.54) is 12.3 Å². The molecule has 0 amide bonds. The number of nitrogens with two attached hydrogens (primary N) is 1. The van der Waals surface area contributed by atoms with Gasteiger partial charge in [0.05, 0.1) is 12.7 Å². The van der Waals surface area contributed by atoms with Gasteiger partial charge in [0.1, 0.15) is 0 Å². The van der Waals surface area contributed by atoms with Crippen LogP contribution in [-0.4, -0.2) is 28.8 Å². The lowest BCUT2D eigenvalue weighted by Crippen LogP contribution is -2.19. The number of carbonyl (C=O) groups is 2. The van der Waals surface area contributed by atoms with Crippen molar-refractivity contribution in [3.8, 4) is 0 Å². The van der Waals surface area contributed by atoms with E-state index < -0.39 is 11.9 Å². The summed E-state index contributed by atoms with van der Waals surface area (Å²) in [5.74, 6) is 3.32. The van der Waals surface area contributed by atoms with E-state index in [0.717, 1.165) is 11.8 Å². The number of nitrogen functional groups attached to an aromatic ring is 1. The van der Waals surface area contributed by atoms with Gasteiger partial charge in [0.15, 0.2) is 5.69 Å². The zero-order valence-corrected chi connectivity index (χ0v) is 6.85. The molecule has 0 aliphatic rings. The van der Waals surface area contributed by atoms with Crippen LogP contribution in [-0.2, 0) is 4.74 Å². The number of esters is 1. The molecule has 1 heterocycles. The maximum atomic E-state index is 11.0. The highest BCUT2D eigenvalue weighted by atomic mass is 16.5. The fraction of sp³-hybridized carbons (Fsp3) is 0.143. The number of hydrogen-bond donors (Lipinski definition) is 2. The van der Waals surface area contributed by atoms with Crippen LogP contribution >= 0.6 is 0 Å². The Hall–Kier alpha value is -1.98. The first-order valence-electron chi connectivity index (χ1n) is 3.36. The number of aromatic nitrogens is 1. The van der Waals surface area contributed by atoms with Crippen LogP contribution in [0.25, 0.3) is 0 Å². The van der Waals surface area contributed by atoms with Crippen molar-refractivity contribution in [2.75, 3.05) is 13.0 Å². The van der Waals surface area contributed by atoms with Crippen LogP contribution < -0.4 is 5.84 Å². The van der Waals surface area contributed by atoms with Crippen molar-refractivity contribution in [3.05, 3.63) is 23.5 Å². The van der Waals surface area contributed by atoms with Crippen LogP contribution in [0.5, 0.6) is 0 Å². The third kappa shape index (κ3) is 1.46. The SMILES string of the molecule is COC(=O)c1c(C(=O)O)ccn1N. The summed E-state index contributed by atoms with van der Waals surface area (Å²) in [4.78, 5) is 21.6. The number of nitrogens with zero attached hydrogens (tertiary/aromatic N) is 1. The van der Waals surface area contributed by atoms with Crippen molar-refractivity contribution in [3.63, 3.8) is 0 Å². The molecule has 6 heteroatoms. The lowest BCUT2D eigenvalue weighted by molar-refractivity contribution is 0.0573. The fourth-order valence-corrected chi connectivity index (χ4v) is 0.932. The molecule has 3 N–H and O–H groups in total. The van der Waals surface area contributed by atoms with Gasteiger partial charge < -0.3 is 15.7 Å². The first-order valence-corrected chi connectivity index (χ1v) is 3.36. The highest BCUT2D eigenvalue weighted by Gasteiger charge is 2.20. The normalized spacial score (nSPS) is 9.62. The van der Waals surface area contributed by atoms with Gasteiger partial charge >= 0.3 is 11.9 Å². The lowest BCUT2D eigenvalue weighted by atomic mass is 10.2. The molecule has 13 heavy (non-hydrogen) atoms. The number of ether oxygens (including phenoxy) is 1. The van der Waals surface area contributed by atoms with Gasteiger partial charge in [0.25, 0.3) is 0 Å². The molecule has 70 valence electrons. The standard InChI is InChI=1S/C7H8N2O4/c1-13-7(12)5-4(6(10)11)2-3-9(5)8/h2-3H,8H2,1H3,(H,10,11). The molecule has 1 rings (SSSR count). The largest absolute Gasteiger partial charge is 0.478 e. The first kappa shape index (κ1) is 9.11. The molecule has 0 atom stereocenters. The summed E-state index contributed by atoms with van der Waals surface area (Å²) >= 11 is 0. The summed E-state index contributed by atoms with van der Waals surface area (Å²) in [6.45, 7) is 0. The van der Waals surface area contributed by atoms with Crippen LogP contribution in [0.4, 0.5) is 0 Å². The minimum absolute atomic E-state index is 0.171. The van der Waals surface area contributed by atoms with Gasteiger partial charge in [-0.05, 0) is 6.07 Å². The molecule has 1 aromatic rings. The number of rotatable bonds is 2. The quantitative estimate of drug-likeness (QED) is 0.485. The monoisotopic (exact) mass is 184 g/mol. The lowest BCUT2D eigenvalue weighted by Gasteiger charge is -2.01. The molecular weight excluding hydrogens is 176 g/mol. The molecule has 0 radical (unpaired) electrons. The van der Waals surface area contributed by atoms with Gasteiger partial charge in [-0.15, -0.1) is 0 Å². The molecule has 0 saturated heterocycles. The summed E-state index contributed by atoms with van der Waals surface area (Å²) < 4.78 is 5.28. The summed E-state index contributed by atoms with van der Waals surface area (Å²) in [7, 11) is 1.15. The van der Waals surface area contributed by atoms with Crippen LogP contribution in [0.1, 0.15) is 20.8 Å². The van der Waals surface area contributed by atoms with Gasteiger partial charge in [-0.3, -0.25) is 4.68 Å². The van der Waals surface area contributed by atoms with E-state index in [2.05, 4.69) is 4.74 Å². The van der Waals surface area contributed by atoms with Gasteiger partial charge in [-0.2, -0.15) is 0 Å². The molecule has 0 fully saturated rings. The summed E-state index contributed by atoms with van der Waals surface area (Å²) in [5, 5.41) is 8.65. The van der Waals surface area contributed by atoms with Crippen molar-refractivity contribution in [2.24, 2.45) is 0 Å². The Morgan fingerprint density at radius 1 is 1.62 bits per heavy atom. The number of carbonyl (C=O) groups excluding carboxylic acids is 1. The van der Waals surface area contributed by atoms with Crippen molar-refractivity contribution in [1.82, 2.24) is 4.68 Å². The second kappa shape index (κ2) is 3.18. The van der Waals surface area contributed by atoms with E-state index in [0.29, 0.717) is 0 Å². The van der Waals surface area contributed by atoms with Crippen LogP contribution in [0.2, 0.25) is 0 Å². The highest BCUT2D eigenvalue weighted by molar-refractivity contribution is 6.01. The zero-order valence-electron chi connectivity index (χ0n) is 6.85. The molecule has 0 saturated carbocycles. The third-order valence-corrected chi connectivity index (χ3v) is 1.52. The van der Waals surface area contributed by atoms with Gasteiger partial charge in [0.2, 0.25) is 0 Å². The minimum Gasteiger partial charge on any atom is -0.478 e. The zero-order chi connectivity index (χ0) is 10.0. The van der Waals surface area contributed by atoms with E-state index >= 15 is 0 Å². The molecule has 0 unspecified atom stereocenters. The number of hydrogen-bond acceptors (Lipinski definition) is 4. The van der Waals surface area contributed by atoms with E-state index in [4.69, 9.17) is 10.9 Å². The predicted molar refractivity (Wildman–Crippen MR) is 42.9 cm³/mol. The minimum atomic E-state index is -1.22. The summed E-state index contributed by atoms with van der Waals surface area (Å²) in [6.07, 6.45) is 1.27. The highest BCUT2D eigenvalue weighted by Crippen LogP contribution is 2.09. The van der Waals surface area contributed by atoms with Gasteiger partial charge in [-0.25, -0.2) is 9.59 Å². The summed E-state index contributed by atoms with van der Waals surface area (Å²) in [6, 6.07) is 1.23. The Morgan fingerprint density at radius 3 is 2.69 bits per heavy atom. The van der Waals surface area contributed by atoms with Crippen LogP contribution in [0.15, 0.2) is 12.3 Å². The van der Waals surface area contributed by atoms with E-state index in [-0.39, 0.29) is 11.3 Å². The van der Waals surface area contributed by atoms with Gasteiger partial charge in [-0.1, -0.05) is 0 Å². The summed E-state index contributed by atoms with van der Waals surface area (Å²) in [5.41, 5.74) is -0.343. The average molecular weight is 184 g/mol. The molecule has 0 aromatic carbocycles. The Labute approximate surface area is 73.5 Å². The molecular formula is C7H8N2O4. The third-order valence-electron chi connectivity index (χ3n) is 1.52. The van der Waals surface area contributed by atoms with Gasteiger partial charge in [0, 0.05) is 6.20 Å². The van der Waals surface area contributed by atoms with E-state index in [9.17, 15) is 9.59 Å². The van der Waals surface area contributed by atoms with Crippen molar-refractivity contribution >= 4 is 11.9 Å². The Balaban J connectivity index is 3.24. The topological polar surface area (TPSA) is 94.5 Å². The molecule has 1 aromatic heterocycles. The van der Waals surface area contributed by atoms with Crippen LogP contribution in [0, 0.1) is 0 Å².